The highest BCUT2D eigenvalue weighted by Gasteiger charge is 2.29. The number of nitrogens with zero attached hydrogens (tertiary/aromatic N) is 2. The molecule has 0 unspecified atom stereocenters. The van der Waals surface area contributed by atoms with Gasteiger partial charge in [-0.15, -0.1) is 0 Å². The van der Waals surface area contributed by atoms with Crippen LogP contribution < -0.4 is 0 Å². The van der Waals surface area contributed by atoms with Crippen molar-refractivity contribution in [2.45, 2.75) is 19.4 Å². The number of aliphatic imine (C=N–C) groups is 1. The molecule has 0 bridgehead atoms. The Kier molecular flexibility index (Phi) is 4.76. The maximum absolute atomic E-state index is 12.8. The van der Waals surface area contributed by atoms with E-state index in [0.29, 0.717) is 11.6 Å². The average Bonchev–Trinajstić information content (AvgIpc) is 3.56. The first-order valence-electron chi connectivity index (χ1n) is 11.2. The first-order chi connectivity index (χ1) is 16.3. The molecule has 0 aliphatic carbocycles. The monoisotopic (exact) mass is 430 g/mol. The highest BCUT2D eigenvalue weighted by molar-refractivity contribution is 6.13. The molecule has 6 rings (SSSR count). The van der Waals surface area contributed by atoms with Crippen LogP contribution in [0.15, 0.2) is 102 Å². The maximum Gasteiger partial charge on any atom is 0.363 e. The molecule has 0 radical (unpaired) electrons. The summed E-state index contributed by atoms with van der Waals surface area (Å²) < 4.78 is 7.87. The number of carbonyl (C=O) groups excluding carboxylic acids is 1. The minimum absolute atomic E-state index is 0.331. The first kappa shape index (κ1) is 19.5. The van der Waals surface area contributed by atoms with E-state index in [0.717, 1.165) is 41.8 Å². The van der Waals surface area contributed by atoms with Gasteiger partial charge in [0, 0.05) is 28.9 Å². The van der Waals surface area contributed by atoms with E-state index in [1.807, 2.05) is 48.5 Å². The van der Waals surface area contributed by atoms with E-state index in [1.54, 1.807) is 0 Å². The van der Waals surface area contributed by atoms with E-state index in [-0.39, 0.29) is 0 Å². The molecule has 4 heteroatoms. The number of fused-ring (bicyclic) bond motifs is 1. The summed E-state index contributed by atoms with van der Waals surface area (Å²) in [5.41, 5.74) is 8.15. The van der Waals surface area contributed by atoms with Gasteiger partial charge in [-0.2, -0.15) is 0 Å². The summed E-state index contributed by atoms with van der Waals surface area (Å²) >= 11 is 0. The van der Waals surface area contributed by atoms with E-state index in [4.69, 9.17) is 4.74 Å². The maximum atomic E-state index is 12.8. The number of cyclic esters (lactones) is 1. The van der Waals surface area contributed by atoms with Gasteiger partial charge < -0.3 is 9.30 Å². The molecule has 0 saturated carbocycles. The molecule has 2 aliphatic rings. The van der Waals surface area contributed by atoms with E-state index in [1.165, 1.54) is 16.8 Å². The van der Waals surface area contributed by atoms with Crippen molar-refractivity contribution in [2.24, 2.45) is 4.99 Å². The summed E-state index contributed by atoms with van der Waals surface area (Å²) in [5, 5.41) is 0. The van der Waals surface area contributed by atoms with E-state index < -0.39 is 5.97 Å². The number of hydrogen-bond acceptors (Lipinski definition) is 3. The van der Waals surface area contributed by atoms with Crippen molar-refractivity contribution in [2.75, 3.05) is 0 Å². The van der Waals surface area contributed by atoms with Crippen molar-refractivity contribution < 1.29 is 9.53 Å². The molecule has 4 aromatic rings. The predicted octanol–water partition coefficient (Wildman–Crippen LogP) is 6.11. The second kappa shape index (κ2) is 8.06. The van der Waals surface area contributed by atoms with Crippen LogP contribution in [-0.4, -0.2) is 16.4 Å². The molecule has 1 aromatic heterocycles. The summed E-state index contributed by atoms with van der Waals surface area (Å²) in [6.45, 7) is 0.922. The van der Waals surface area contributed by atoms with Crippen LogP contribution in [0.3, 0.4) is 0 Å². The van der Waals surface area contributed by atoms with Crippen LogP contribution in [0.5, 0.6) is 0 Å². The van der Waals surface area contributed by atoms with Crippen molar-refractivity contribution in [3.63, 3.8) is 0 Å². The third-order valence-corrected chi connectivity index (χ3v) is 6.25. The number of benzene rings is 3. The van der Waals surface area contributed by atoms with Gasteiger partial charge in [-0.25, -0.2) is 9.79 Å². The number of hydrogen-bond donors (Lipinski definition) is 0. The highest BCUT2D eigenvalue weighted by Crippen LogP contribution is 2.43. The number of rotatable bonds is 4. The normalized spacial score (nSPS) is 16.1. The molecular formula is C29H22N2O2. The zero-order valence-corrected chi connectivity index (χ0v) is 18.1. The van der Waals surface area contributed by atoms with Crippen molar-refractivity contribution >= 4 is 17.9 Å². The molecule has 0 amide bonds. The largest absolute Gasteiger partial charge is 0.402 e. The molecule has 3 aromatic carbocycles. The lowest BCUT2D eigenvalue weighted by Gasteiger charge is -2.09. The van der Waals surface area contributed by atoms with Crippen LogP contribution in [0.2, 0.25) is 0 Å². The van der Waals surface area contributed by atoms with Crippen LogP contribution in [0, 0.1) is 0 Å². The van der Waals surface area contributed by atoms with Gasteiger partial charge in [-0.05, 0) is 42.2 Å². The summed E-state index contributed by atoms with van der Waals surface area (Å²) in [6.07, 6.45) is 4.00. The number of ether oxygens (including phenoxy) is 1. The fraction of sp³-hybridized carbons (Fsp3) is 0.103. The number of carbonyl (C=O) groups is 1. The topological polar surface area (TPSA) is 43.6 Å². The molecule has 0 spiro atoms. The Morgan fingerprint density at radius 2 is 1.33 bits per heavy atom. The van der Waals surface area contributed by atoms with Crippen molar-refractivity contribution in [1.82, 2.24) is 4.57 Å². The van der Waals surface area contributed by atoms with Gasteiger partial charge in [0.2, 0.25) is 5.90 Å². The minimum atomic E-state index is -0.414. The first-order valence-corrected chi connectivity index (χ1v) is 11.2. The fourth-order valence-corrected chi connectivity index (χ4v) is 4.81. The highest BCUT2D eigenvalue weighted by atomic mass is 16.6. The third-order valence-electron chi connectivity index (χ3n) is 6.25. The van der Waals surface area contributed by atoms with Crippen LogP contribution in [0.25, 0.3) is 28.3 Å². The van der Waals surface area contributed by atoms with Crippen molar-refractivity contribution in [3.8, 4) is 22.3 Å². The molecule has 0 fully saturated rings. The van der Waals surface area contributed by atoms with E-state index in [2.05, 4.69) is 58.1 Å². The molecular weight excluding hydrogens is 408 g/mol. The molecule has 2 aliphatic heterocycles. The predicted molar refractivity (Wildman–Crippen MR) is 131 cm³/mol. The molecule has 0 atom stereocenters. The standard InChI is InChI=1S/C29H22N2O2/c32-29-23(30-28(33-29)22-15-8-3-9-16-22)19-25-27(21-13-6-2-7-14-21)26(20-11-4-1-5-12-20)24-17-10-18-31(24)25/h1-9,11-16,19H,10,17-18H2. The van der Waals surface area contributed by atoms with Gasteiger partial charge in [0.25, 0.3) is 0 Å². The molecule has 4 nitrogen and oxygen atoms in total. The molecule has 0 N–H and O–H groups in total. The lowest BCUT2D eigenvalue weighted by atomic mass is 9.93. The summed E-state index contributed by atoms with van der Waals surface area (Å²) in [4.78, 5) is 17.3. The molecule has 0 saturated heterocycles. The van der Waals surface area contributed by atoms with Crippen LogP contribution in [0.1, 0.15) is 23.4 Å². The summed E-state index contributed by atoms with van der Waals surface area (Å²) in [6, 6.07) is 30.4. The Labute approximate surface area is 192 Å². The van der Waals surface area contributed by atoms with Gasteiger partial charge in [0.1, 0.15) is 0 Å². The average molecular weight is 431 g/mol. The van der Waals surface area contributed by atoms with E-state index >= 15 is 0 Å². The quantitative estimate of drug-likeness (QED) is 0.289. The Hall–Kier alpha value is -4.18. The Morgan fingerprint density at radius 1 is 0.758 bits per heavy atom. The second-order valence-electron chi connectivity index (χ2n) is 8.27. The van der Waals surface area contributed by atoms with Gasteiger partial charge in [0.15, 0.2) is 5.70 Å². The van der Waals surface area contributed by atoms with Gasteiger partial charge in [-0.1, -0.05) is 78.9 Å². The zero-order valence-electron chi connectivity index (χ0n) is 18.1. The third kappa shape index (κ3) is 3.40. The van der Waals surface area contributed by atoms with Gasteiger partial charge in [-0.3, -0.25) is 0 Å². The SMILES string of the molecule is O=C1OC(c2ccccc2)=NC1=Cc1c(-c2ccccc2)c(-c2ccccc2)c2n1CCC2. The molecule has 160 valence electrons. The minimum Gasteiger partial charge on any atom is -0.402 e. The fourth-order valence-electron chi connectivity index (χ4n) is 4.81. The van der Waals surface area contributed by atoms with Crippen LogP contribution in [0.4, 0.5) is 0 Å². The van der Waals surface area contributed by atoms with Crippen molar-refractivity contribution in [3.05, 3.63) is 114 Å². The second-order valence-corrected chi connectivity index (χ2v) is 8.27. The number of esters is 1. The van der Waals surface area contributed by atoms with Crippen LogP contribution >= 0.6 is 0 Å². The lowest BCUT2D eigenvalue weighted by Crippen LogP contribution is -2.05. The number of aromatic nitrogens is 1. The summed E-state index contributed by atoms with van der Waals surface area (Å²) in [5.74, 6) is -0.0627. The Bertz CT molecular complexity index is 1400. The molecule has 3 heterocycles. The van der Waals surface area contributed by atoms with Gasteiger partial charge in [0.05, 0.1) is 5.69 Å². The Balaban J connectivity index is 1.57. The van der Waals surface area contributed by atoms with E-state index in [9.17, 15) is 4.79 Å². The molecule has 33 heavy (non-hydrogen) atoms. The zero-order chi connectivity index (χ0) is 22.2. The Morgan fingerprint density at radius 3 is 1.97 bits per heavy atom. The van der Waals surface area contributed by atoms with Gasteiger partial charge >= 0.3 is 5.97 Å². The van der Waals surface area contributed by atoms with Crippen molar-refractivity contribution in [1.29, 1.82) is 0 Å². The van der Waals surface area contributed by atoms with Crippen LogP contribution in [-0.2, 0) is 22.5 Å². The smallest absolute Gasteiger partial charge is 0.363 e. The lowest BCUT2D eigenvalue weighted by molar-refractivity contribution is -0.129. The summed E-state index contributed by atoms with van der Waals surface area (Å²) in [7, 11) is 0.